The molecule has 23 heavy (non-hydrogen) atoms. The molecular formula is C17H21ClN4O. The maximum absolute atomic E-state index is 13.0. The first-order valence-electron chi connectivity index (χ1n) is 7.91. The zero-order valence-electron chi connectivity index (χ0n) is 13.2. The van der Waals surface area contributed by atoms with Crippen LogP contribution >= 0.6 is 11.6 Å². The molecule has 1 fully saturated rings. The number of aromatic nitrogens is 2. The van der Waals surface area contributed by atoms with Crippen LogP contribution < -0.4 is 5.73 Å². The van der Waals surface area contributed by atoms with Gasteiger partial charge in [-0.3, -0.25) is 4.79 Å². The van der Waals surface area contributed by atoms with Gasteiger partial charge in [0.2, 0.25) is 0 Å². The third kappa shape index (κ3) is 3.34. The summed E-state index contributed by atoms with van der Waals surface area (Å²) in [5, 5.41) is 0.249. The van der Waals surface area contributed by atoms with E-state index in [2.05, 4.69) is 15.6 Å². The lowest BCUT2D eigenvalue weighted by Gasteiger charge is -2.30. The first kappa shape index (κ1) is 15.9. The Kier molecular flexibility index (Phi) is 4.57. The van der Waals surface area contributed by atoms with Crippen LogP contribution in [0.25, 0.3) is 0 Å². The standard InChI is InChI=1S/C17H21ClN4O/c1-21-8-5-7-13(21)14-6-3-2-4-9-22(14)17(23)12-10-15(18)20-16(19)11-12/h5,7-8,10-11,14H,2-4,6,9H2,1H3,(H2,19,20). The van der Waals surface area contributed by atoms with E-state index in [4.69, 9.17) is 17.3 Å². The number of carbonyl (C=O) groups excluding carboxylic acids is 1. The van der Waals surface area contributed by atoms with Crippen LogP contribution in [0, 0.1) is 0 Å². The zero-order valence-corrected chi connectivity index (χ0v) is 14.0. The molecule has 3 heterocycles. The summed E-state index contributed by atoms with van der Waals surface area (Å²) in [6.07, 6.45) is 6.27. The van der Waals surface area contributed by atoms with E-state index in [1.54, 1.807) is 12.1 Å². The molecule has 0 radical (unpaired) electrons. The molecule has 0 aromatic carbocycles. The minimum Gasteiger partial charge on any atom is -0.384 e. The number of aryl methyl sites for hydroxylation is 1. The maximum Gasteiger partial charge on any atom is 0.254 e. The third-order valence-electron chi connectivity index (χ3n) is 4.40. The molecule has 1 saturated heterocycles. The van der Waals surface area contributed by atoms with Gasteiger partial charge in [0.05, 0.1) is 6.04 Å². The number of nitrogen functional groups attached to an aromatic ring is 1. The summed E-state index contributed by atoms with van der Waals surface area (Å²) in [5.74, 6) is 0.236. The fraction of sp³-hybridized carbons (Fsp3) is 0.412. The Bertz CT molecular complexity index is 692. The highest BCUT2D eigenvalue weighted by molar-refractivity contribution is 6.29. The lowest BCUT2D eigenvalue weighted by molar-refractivity contribution is 0.0674. The van der Waals surface area contributed by atoms with Gasteiger partial charge >= 0.3 is 0 Å². The van der Waals surface area contributed by atoms with Crippen molar-refractivity contribution < 1.29 is 4.79 Å². The highest BCUT2D eigenvalue weighted by atomic mass is 35.5. The number of nitrogens with zero attached hydrogens (tertiary/aromatic N) is 3. The summed E-state index contributed by atoms with van der Waals surface area (Å²) in [6, 6.07) is 7.38. The molecule has 1 aliphatic rings. The van der Waals surface area contributed by atoms with Crippen molar-refractivity contribution in [2.45, 2.75) is 31.7 Å². The Morgan fingerprint density at radius 2 is 2.17 bits per heavy atom. The number of hydrogen-bond donors (Lipinski definition) is 1. The number of likely N-dealkylation sites (tertiary alicyclic amines) is 1. The molecule has 2 aromatic heterocycles. The minimum absolute atomic E-state index is 0.0332. The molecule has 6 heteroatoms. The van der Waals surface area contributed by atoms with Gasteiger partial charge in [-0.05, 0) is 37.1 Å². The molecule has 1 unspecified atom stereocenters. The van der Waals surface area contributed by atoms with Gasteiger partial charge in [-0.2, -0.15) is 0 Å². The predicted octanol–water partition coefficient (Wildman–Crippen LogP) is 3.41. The number of hydrogen-bond acceptors (Lipinski definition) is 3. The predicted molar refractivity (Wildman–Crippen MR) is 91.3 cm³/mol. The van der Waals surface area contributed by atoms with Crippen molar-refractivity contribution in [2.24, 2.45) is 7.05 Å². The van der Waals surface area contributed by atoms with Gasteiger partial charge in [0.25, 0.3) is 5.91 Å². The third-order valence-corrected chi connectivity index (χ3v) is 4.59. The molecule has 1 atom stereocenters. The number of halogens is 1. The monoisotopic (exact) mass is 332 g/mol. The van der Waals surface area contributed by atoms with Crippen LogP contribution in [-0.2, 0) is 7.05 Å². The number of anilines is 1. The lowest BCUT2D eigenvalue weighted by atomic mass is 10.1. The first-order valence-corrected chi connectivity index (χ1v) is 8.29. The van der Waals surface area contributed by atoms with E-state index < -0.39 is 0 Å². The van der Waals surface area contributed by atoms with Crippen LogP contribution in [0.15, 0.2) is 30.5 Å². The number of pyridine rings is 1. The molecular weight excluding hydrogens is 312 g/mol. The van der Waals surface area contributed by atoms with Crippen molar-refractivity contribution in [3.05, 3.63) is 46.9 Å². The molecule has 0 saturated carbocycles. The average Bonchev–Trinajstić information content (AvgIpc) is 2.79. The second-order valence-electron chi connectivity index (χ2n) is 6.01. The fourth-order valence-corrected chi connectivity index (χ4v) is 3.50. The summed E-state index contributed by atoms with van der Waals surface area (Å²) >= 11 is 5.96. The Labute approximate surface area is 141 Å². The largest absolute Gasteiger partial charge is 0.384 e. The molecule has 0 aliphatic carbocycles. The second kappa shape index (κ2) is 6.62. The van der Waals surface area contributed by atoms with Gasteiger partial charge < -0.3 is 15.2 Å². The van der Waals surface area contributed by atoms with E-state index in [9.17, 15) is 4.79 Å². The van der Waals surface area contributed by atoms with E-state index in [1.165, 1.54) is 0 Å². The Morgan fingerprint density at radius 3 is 2.87 bits per heavy atom. The summed E-state index contributed by atoms with van der Waals surface area (Å²) < 4.78 is 2.09. The quantitative estimate of drug-likeness (QED) is 0.857. The molecule has 1 amide bonds. The Hall–Kier alpha value is -2.01. The molecule has 0 bridgehead atoms. The molecule has 122 valence electrons. The Balaban J connectivity index is 1.96. The average molecular weight is 333 g/mol. The number of amides is 1. The number of carbonyl (C=O) groups is 1. The van der Waals surface area contributed by atoms with Crippen LogP contribution in [0.5, 0.6) is 0 Å². The van der Waals surface area contributed by atoms with Crippen molar-refractivity contribution >= 4 is 23.3 Å². The summed E-state index contributed by atoms with van der Waals surface area (Å²) in [5.41, 5.74) is 7.40. The second-order valence-corrected chi connectivity index (χ2v) is 6.40. The summed E-state index contributed by atoms with van der Waals surface area (Å²) in [6.45, 7) is 0.745. The fourth-order valence-electron chi connectivity index (χ4n) is 3.29. The van der Waals surface area contributed by atoms with E-state index in [0.717, 1.165) is 37.9 Å². The van der Waals surface area contributed by atoms with Crippen molar-refractivity contribution in [3.8, 4) is 0 Å². The highest BCUT2D eigenvalue weighted by Gasteiger charge is 2.29. The van der Waals surface area contributed by atoms with E-state index in [1.807, 2.05) is 24.2 Å². The molecule has 1 aliphatic heterocycles. The van der Waals surface area contributed by atoms with Gasteiger partial charge in [0.15, 0.2) is 0 Å². The first-order chi connectivity index (χ1) is 11.1. The molecule has 2 N–H and O–H groups in total. The zero-order chi connectivity index (χ0) is 16.4. The minimum atomic E-state index is -0.0332. The smallest absolute Gasteiger partial charge is 0.254 e. The van der Waals surface area contributed by atoms with Gasteiger partial charge in [-0.15, -0.1) is 0 Å². The SMILES string of the molecule is Cn1cccc1C1CCCCCN1C(=O)c1cc(N)nc(Cl)c1. The van der Waals surface area contributed by atoms with Crippen molar-refractivity contribution in [1.29, 1.82) is 0 Å². The van der Waals surface area contributed by atoms with Crippen molar-refractivity contribution in [2.75, 3.05) is 12.3 Å². The Morgan fingerprint density at radius 1 is 1.35 bits per heavy atom. The number of rotatable bonds is 2. The summed E-state index contributed by atoms with van der Waals surface area (Å²) in [4.78, 5) is 18.9. The van der Waals surface area contributed by atoms with E-state index >= 15 is 0 Å². The van der Waals surface area contributed by atoms with Crippen LogP contribution in [0.2, 0.25) is 5.15 Å². The van der Waals surface area contributed by atoms with Crippen LogP contribution in [0.1, 0.15) is 47.8 Å². The maximum atomic E-state index is 13.0. The molecule has 3 rings (SSSR count). The van der Waals surface area contributed by atoms with Gasteiger partial charge in [-0.25, -0.2) is 4.98 Å². The van der Waals surface area contributed by atoms with Gasteiger partial charge in [0.1, 0.15) is 11.0 Å². The highest BCUT2D eigenvalue weighted by Crippen LogP contribution is 2.31. The normalized spacial score (nSPS) is 18.7. The molecule has 5 nitrogen and oxygen atoms in total. The van der Waals surface area contributed by atoms with Crippen molar-refractivity contribution in [1.82, 2.24) is 14.5 Å². The lowest BCUT2D eigenvalue weighted by Crippen LogP contribution is -2.35. The van der Waals surface area contributed by atoms with Gasteiger partial charge in [0, 0.05) is 31.0 Å². The van der Waals surface area contributed by atoms with Crippen LogP contribution in [-0.4, -0.2) is 26.9 Å². The molecule has 0 spiro atoms. The van der Waals surface area contributed by atoms with E-state index in [-0.39, 0.29) is 22.9 Å². The topological polar surface area (TPSA) is 64.2 Å². The van der Waals surface area contributed by atoms with Crippen LogP contribution in [0.4, 0.5) is 5.82 Å². The summed E-state index contributed by atoms with van der Waals surface area (Å²) in [7, 11) is 2.02. The molecule has 2 aromatic rings. The van der Waals surface area contributed by atoms with E-state index in [0.29, 0.717) is 5.56 Å². The number of nitrogens with two attached hydrogens (primary N) is 1. The van der Waals surface area contributed by atoms with Gasteiger partial charge in [-0.1, -0.05) is 24.4 Å². The van der Waals surface area contributed by atoms with Crippen molar-refractivity contribution in [3.63, 3.8) is 0 Å². The van der Waals surface area contributed by atoms with Crippen LogP contribution in [0.3, 0.4) is 0 Å².